The summed E-state index contributed by atoms with van der Waals surface area (Å²) in [5.41, 5.74) is 3.08. The molecule has 138 valence electrons. The van der Waals surface area contributed by atoms with E-state index in [-0.39, 0.29) is 12.3 Å². The van der Waals surface area contributed by atoms with E-state index in [0.29, 0.717) is 6.42 Å². The zero-order valence-electron chi connectivity index (χ0n) is 15.5. The minimum absolute atomic E-state index is 0.0809. The molecule has 6 heteroatoms. The average molecular weight is 349 g/mol. The van der Waals surface area contributed by atoms with E-state index in [4.69, 9.17) is 9.47 Å². The SMILES string of the molecule is CC[C@@H](C)[C@H](NC(=O)COC(=O)Cc1ccc(C)c(C)c1)C(=O)OC. The highest BCUT2D eigenvalue weighted by molar-refractivity contribution is 5.86. The number of nitrogens with one attached hydrogen (secondary N) is 1. The second-order valence-corrected chi connectivity index (χ2v) is 6.21. The van der Waals surface area contributed by atoms with E-state index in [0.717, 1.165) is 16.7 Å². The van der Waals surface area contributed by atoms with Gasteiger partial charge in [0.2, 0.25) is 0 Å². The molecule has 0 heterocycles. The Balaban J connectivity index is 2.52. The standard InChI is InChI=1S/C19H27NO5/c1-6-12(2)18(19(23)24-5)20-16(21)11-25-17(22)10-15-8-7-13(3)14(4)9-15/h7-9,12,18H,6,10-11H2,1-5H3,(H,20,21)/t12-,18+/m1/s1. The Bertz CT molecular complexity index is 626. The molecule has 0 aromatic heterocycles. The number of rotatable bonds is 8. The smallest absolute Gasteiger partial charge is 0.328 e. The fourth-order valence-electron chi connectivity index (χ4n) is 2.29. The van der Waals surface area contributed by atoms with E-state index in [1.54, 1.807) is 0 Å². The van der Waals surface area contributed by atoms with Gasteiger partial charge < -0.3 is 14.8 Å². The van der Waals surface area contributed by atoms with Gasteiger partial charge in [-0.3, -0.25) is 9.59 Å². The van der Waals surface area contributed by atoms with Gasteiger partial charge in [0.25, 0.3) is 5.91 Å². The van der Waals surface area contributed by atoms with Crippen molar-refractivity contribution in [3.8, 4) is 0 Å². The molecule has 0 saturated heterocycles. The Morgan fingerprint density at radius 3 is 2.40 bits per heavy atom. The summed E-state index contributed by atoms with van der Waals surface area (Å²) in [7, 11) is 1.27. The predicted octanol–water partition coefficient (Wildman–Crippen LogP) is 2.09. The molecule has 0 aliphatic carbocycles. The van der Waals surface area contributed by atoms with Crippen molar-refractivity contribution in [2.75, 3.05) is 13.7 Å². The van der Waals surface area contributed by atoms with E-state index < -0.39 is 30.5 Å². The van der Waals surface area contributed by atoms with Crippen molar-refractivity contribution in [2.45, 2.75) is 46.6 Å². The van der Waals surface area contributed by atoms with Gasteiger partial charge in [0, 0.05) is 0 Å². The number of amides is 1. The molecule has 25 heavy (non-hydrogen) atoms. The first-order valence-corrected chi connectivity index (χ1v) is 8.37. The molecular formula is C19H27NO5. The molecule has 0 bridgehead atoms. The zero-order valence-corrected chi connectivity index (χ0v) is 15.5. The molecule has 6 nitrogen and oxygen atoms in total. The highest BCUT2D eigenvalue weighted by Crippen LogP contribution is 2.11. The summed E-state index contributed by atoms with van der Waals surface area (Å²) in [5, 5.41) is 2.56. The van der Waals surface area contributed by atoms with Crippen LogP contribution in [-0.4, -0.2) is 37.6 Å². The largest absolute Gasteiger partial charge is 0.467 e. The number of aryl methyl sites for hydroxylation is 2. The van der Waals surface area contributed by atoms with Gasteiger partial charge in [-0.25, -0.2) is 4.79 Å². The minimum Gasteiger partial charge on any atom is -0.467 e. The Hall–Kier alpha value is -2.37. The van der Waals surface area contributed by atoms with Crippen molar-refractivity contribution in [2.24, 2.45) is 5.92 Å². The van der Waals surface area contributed by atoms with E-state index in [1.807, 2.05) is 45.9 Å². The van der Waals surface area contributed by atoms with E-state index in [9.17, 15) is 14.4 Å². The first-order chi connectivity index (χ1) is 11.8. The van der Waals surface area contributed by atoms with Crippen LogP contribution in [0.2, 0.25) is 0 Å². The van der Waals surface area contributed by atoms with Gasteiger partial charge in [-0.15, -0.1) is 0 Å². The Morgan fingerprint density at radius 2 is 1.84 bits per heavy atom. The van der Waals surface area contributed by atoms with Crippen molar-refractivity contribution in [3.63, 3.8) is 0 Å². The Morgan fingerprint density at radius 1 is 1.16 bits per heavy atom. The number of carbonyl (C=O) groups excluding carboxylic acids is 3. The van der Waals surface area contributed by atoms with Crippen LogP contribution in [0.25, 0.3) is 0 Å². The third-order valence-electron chi connectivity index (χ3n) is 4.27. The highest BCUT2D eigenvalue weighted by atomic mass is 16.5. The van der Waals surface area contributed by atoms with Crippen molar-refractivity contribution >= 4 is 17.8 Å². The first kappa shape index (κ1) is 20.7. The molecule has 0 aliphatic heterocycles. The maximum atomic E-state index is 12.0. The van der Waals surface area contributed by atoms with Crippen LogP contribution in [0.3, 0.4) is 0 Å². The lowest BCUT2D eigenvalue weighted by Crippen LogP contribution is -2.47. The summed E-state index contributed by atoms with van der Waals surface area (Å²) in [5.74, 6) is -1.60. The molecule has 0 fully saturated rings. The van der Waals surface area contributed by atoms with Crippen LogP contribution in [0.4, 0.5) is 0 Å². The normalized spacial score (nSPS) is 12.8. The minimum atomic E-state index is -0.749. The summed E-state index contributed by atoms with van der Waals surface area (Å²) in [4.78, 5) is 35.6. The van der Waals surface area contributed by atoms with Crippen LogP contribution in [0.1, 0.15) is 37.0 Å². The number of carbonyl (C=O) groups is 3. The second kappa shape index (κ2) is 9.81. The molecule has 2 atom stereocenters. The summed E-state index contributed by atoms with van der Waals surface area (Å²) in [6, 6.07) is 4.98. The van der Waals surface area contributed by atoms with Crippen molar-refractivity contribution in [1.29, 1.82) is 0 Å². The van der Waals surface area contributed by atoms with Crippen LogP contribution >= 0.6 is 0 Å². The summed E-state index contributed by atoms with van der Waals surface area (Å²) in [6.45, 7) is 7.30. The lowest BCUT2D eigenvalue weighted by Gasteiger charge is -2.21. The van der Waals surface area contributed by atoms with E-state index in [2.05, 4.69) is 5.32 Å². The Kier molecular flexibility index (Phi) is 8.11. The van der Waals surface area contributed by atoms with Crippen molar-refractivity contribution < 1.29 is 23.9 Å². The lowest BCUT2D eigenvalue weighted by atomic mass is 9.99. The second-order valence-electron chi connectivity index (χ2n) is 6.21. The Labute approximate surface area is 148 Å². The highest BCUT2D eigenvalue weighted by Gasteiger charge is 2.26. The molecule has 0 radical (unpaired) electrons. The molecule has 1 N–H and O–H groups in total. The maximum absolute atomic E-state index is 12.0. The number of methoxy groups -OCH3 is 1. The topological polar surface area (TPSA) is 81.7 Å². The molecule has 0 spiro atoms. The third-order valence-corrected chi connectivity index (χ3v) is 4.27. The van der Waals surface area contributed by atoms with Crippen molar-refractivity contribution in [3.05, 3.63) is 34.9 Å². The van der Waals surface area contributed by atoms with Crippen LogP contribution in [0.5, 0.6) is 0 Å². The molecule has 0 aliphatic rings. The monoisotopic (exact) mass is 349 g/mol. The van der Waals surface area contributed by atoms with E-state index in [1.165, 1.54) is 7.11 Å². The van der Waals surface area contributed by atoms with Gasteiger partial charge in [-0.2, -0.15) is 0 Å². The molecule has 1 amide bonds. The fraction of sp³-hybridized carbons (Fsp3) is 0.526. The zero-order chi connectivity index (χ0) is 19.0. The lowest BCUT2D eigenvalue weighted by molar-refractivity contribution is -0.150. The van der Waals surface area contributed by atoms with Gasteiger partial charge in [-0.05, 0) is 36.5 Å². The summed E-state index contributed by atoms with van der Waals surface area (Å²) in [6.07, 6.45) is 0.798. The molecule has 1 aromatic rings. The number of hydrogen-bond acceptors (Lipinski definition) is 5. The summed E-state index contributed by atoms with van der Waals surface area (Å²) >= 11 is 0. The van der Waals surface area contributed by atoms with Crippen molar-refractivity contribution in [1.82, 2.24) is 5.32 Å². The van der Waals surface area contributed by atoms with Gasteiger partial charge in [0.1, 0.15) is 6.04 Å². The van der Waals surface area contributed by atoms with Gasteiger partial charge in [0.05, 0.1) is 13.5 Å². The van der Waals surface area contributed by atoms with Crippen LogP contribution in [0.15, 0.2) is 18.2 Å². The number of benzene rings is 1. The number of ether oxygens (including phenoxy) is 2. The number of esters is 2. The molecular weight excluding hydrogens is 322 g/mol. The predicted molar refractivity (Wildman–Crippen MR) is 94.0 cm³/mol. The number of hydrogen-bond donors (Lipinski definition) is 1. The average Bonchev–Trinajstić information content (AvgIpc) is 2.59. The first-order valence-electron chi connectivity index (χ1n) is 8.37. The van der Waals surface area contributed by atoms with E-state index >= 15 is 0 Å². The quantitative estimate of drug-likeness (QED) is 0.727. The van der Waals surface area contributed by atoms with Crippen LogP contribution in [0, 0.1) is 19.8 Å². The van der Waals surface area contributed by atoms with Gasteiger partial charge >= 0.3 is 11.9 Å². The van der Waals surface area contributed by atoms with Crippen LogP contribution < -0.4 is 5.32 Å². The summed E-state index contributed by atoms with van der Waals surface area (Å²) < 4.78 is 9.70. The molecule has 0 saturated carbocycles. The van der Waals surface area contributed by atoms with Gasteiger partial charge in [-0.1, -0.05) is 38.5 Å². The molecule has 1 aromatic carbocycles. The maximum Gasteiger partial charge on any atom is 0.328 e. The fourth-order valence-corrected chi connectivity index (χ4v) is 2.29. The van der Waals surface area contributed by atoms with Crippen LogP contribution in [-0.2, 0) is 30.3 Å². The molecule has 1 rings (SSSR count). The van der Waals surface area contributed by atoms with Gasteiger partial charge in [0.15, 0.2) is 6.61 Å². The molecule has 0 unspecified atom stereocenters. The third kappa shape index (κ3) is 6.57.